The summed E-state index contributed by atoms with van der Waals surface area (Å²) in [5.41, 5.74) is 1.56. The van der Waals surface area contributed by atoms with Crippen molar-refractivity contribution >= 4 is 23.6 Å². The van der Waals surface area contributed by atoms with Gasteiger partial charge >= 0.3 is 5.97 Å². The van der Waals surface area contributed by atoms with Gasteiger partial charge in [0.15, 0.2) is 5.75 Å². The lowest BCUT2D eigenvalue weighted by atomic mass is 10.1. The van der Waals surface area contributed by atoms with E-state index in [9.17, 15) is 9.90 Å². The normalized spacial score (nSPS) is 10.8. The van der Waals surface area contributed by atoms with Crippen LogP contribution in [0.15, 0.2) is 36.5 Å². The Morgan fingerprint density at radius 3 is 2.80 bits per heavy atom. The first-order chi connectivity index (χ1) is 12.0. The van der Waals surface area contributed by atoms with Crippen molar-refractivity contribution < 1.29 is 19.4 Å². The van der Waals surface area contributed by atoms with Crippen LogP contribution in [0.2, 0.25) is 5.02 Å². The molecule has 2 aromatic rings. The molecule has 0 bridgehead atoms. The number of benzene rings is 1. The third kappa shape index (κ3) is 5.80. The molecule has 2 rings (SSSR count). The maximum Gasteiger partial charge on any atom is 0.330 e. The highest BCUT2D eigenvalue weighted by molar-refractivity contribution is 6.32. The van der Waals surface area contributed by atoms with Gasteiger partial charge in [-0.3, -0.25) is 0 Å². The minimum absolute atomic E-state index is 0.0569. The highest BCUT2D eigenvalue weighted by Crippen LogP contribution is 2.33. The lowest BCUT2D eigenvalue weighted by molar-refractivity contribution is -0.137. The van der Waals surface area contributed by atoms with Crippen molar-refractivity contribution in [2.45, 2.75) is 26.7 Å². The zero-order valence-electron chi connectivity index (χ0n) is 14.2. The molecule has 0 fully saturated rings. The number of ether oxygens (including phenoxy) is 2. The van der Waals surface area contributed by atoms with Crippen molar-refractivity contribution in [3.63, 3.8) is 0 Å². The second-order valence-corrected chi connectivity index (χ2v) is 5.87. The van der Waals surface area contributed by atoms with Gasteiger partial charge in [-0.2, -0.15) is 0 Å². The molecule has 0 radical (unpaired) electrons. The molecule has 1 heterocycles. The number of halogens is 1. The second-order valence-electron chi connectivity index (χ2n) is 5.46. The predicted molar refractivity (Wildman–Crippen MR) is 97.1 cm³/mol. The van der Waals surface area contributed by atoms with Gasteiger partial charge in [0.25, 0.3) is 0 Å². The number of hydrogen-bond acceptors (Lipinski definition) is 5. The van der Waals surface area contributed by atoms with Crippen LogP contribution >= 0.6 is 11.6 Å². The number of esters is 1. The predicted octanol–water partition coefficient (Wildman–Crippen LogP) is 4.90. The number of unbranched alkanes of at least 4 members (excludes halogenated alkanes) is 1. The van der Waals surface area contributed by atoms with E-state index in [1.54, 1.807) is 18.2 Å². The van der Waals surface area contributed by atoms with Gasteiger partial charge in [-0.25, -0.2) is 9.78 Å². The summed E-state index contributed by atoms with van der Waals surface area (Å²) in [7, 11) is 0. The Morgan fingerprint density at radius 2 is 2.16 bits per heavy atom. The van der Waals surface area contributed by atoms with E-state index in [0.717, 1.165) is 24.0 Å². The quantitative estimate of drug-likeness (QED) is 0.431. The first-order valence-electron chi connectivity index (χ1n) is 7.97. The molecule has 1 N–H and O–H groups in total. The molecular formula is C19H20ClNO4. The summed E-state index contributed by atoms with van der Waals surface area (Å²) in [5.74, 6) is 0.477. The zero-order valence-corrected chi connectivity index (χ0v) is 14.9. The number of aryl methyl sites for hydroxylation is 1. The first-order valence-corrected chi connectivity index (χ1v) is 8.35. The standard InChI is InChI=1S/C19H20ClNO4/c1-3-4-9-24-18(23)8-5-14-10-13(2)19(16(20)11-14)25-17-7-6-15(22)12-21-17/h5-8,10-12,22H,3-4,9H2,1-2H3/b8-5+. The molecule has 0 spiro atoms. The molecule has 0 aliphatic carbocycles. The third-order valence-electron chi connectivity index (χ3n) is 3.33. The Morgan fingerprint density at radius 1 is 1.36 bits per heavy atom. The molecule has 5 nitrogen and oxygen atoms in total. The molecule has 0 atom stereocenters. The van der Waals surface area contributed by atoms with E-state index < -0.39 is 0 Å². The van der Waals surface area contributed by atoms with Gasteiger partial charge in [0.05, 0.1) is 17.8 Å². The highest BCUT2D eigenvalue weighted by Gasteiger charge is 2.10. The first kappa shape index (κ1) is 18.8. The van der Waals surface area contributed by atoms with Gasteiger partial charge in [0.1, 0.15) is 5.75 Å². The molecule has 0 saturated heterocycles. The highest BCUT2D eigenvalue weighted by atomic mass is 35.5. The Balaban J connectivity index is 2.08. The Bertz CT molecular complexity index is 734. The largest absolute Gasteiger partial charge is 0.506 e. The van der Waals surface area contributed by atoms with E-state index in [2.05, 4.69) is 4.98 Å². The van der Waals surface area contributed by atoms with Crippen molar-refractivity contribution in [2.24, 2.45) is 0 Å². The van der Waals surface area contributed by atoms with E-state index in [1.165, 1.54) is 18.3 Å². The number of aromatic nitrogens is 1. The Hall–Kier alpha value is -2.53. The van der Waals surface area contributed by atoms with Crippen LogP contribution in [0.1, 0.15) is 30.9 Å². The smallest absolute Gasteiger partial charge is 0.330 e. The summed E-state index contributed by atoms with van der Waals surface area (Å²) >= 11 is 6.28. The van der Waals surface area contributed by atoms with Crippen LogP contribution in [0, 0.1) is 6.92 Å². The lowest BCUT2D eigenvalue weighted by Crippen LogP contribution is -2.01. The van der Waals surface area contributed by atoms with E-state index >= 15 is 0 Å². The maximum atomic E-state index is 11.6. The van der Waals surface area contributed by atoms with Crippen molar-refractivity contribution in [3.05, 3.63) is 52.7 Å². The fraction of sp³-hybridized carbons (Fsp3) is 0.263. The summed E-state index contributed by atoms with van der Waals surface area (Å²) < 4.78 is 10.7. The monoisotopic (exact) mass is 361 g/mol. The van der Waals surface area contributed by atoms with Crippen LogP contribution in [-0.4, -0.2) is 22.7 Å². The van der Waals surface area contributed by atoms with Crippen LogP contribution in [0.5, 0.6) is 17.4 Å². The van der Waals surface area contributed by atoms with Crippen LogP contribution in [-0.2, 0) is 9.53 Å². The molecule has 1 aromatic heterocycles. The van der Waals surface area contributed by atoms with E-state index in [-0.39, 0.29) is 11.7 Å². The number of hydrogen-bond donors (Lipinski definition) is 1. The molecular weight excluding hydrogens is 342 g/mol. The SMILES string of the molecule is CCCCOC(=O)/C=C/c1cc(C)c(Oc2ccc(O)cn2)c(Cl)c1. The molecule has 1 aromatic carbocycles. The summed E-state index contributed by atoms with van der Waals surface area (Å²) in [6.45, 7) is 4.30. The van der Waals surface area contributed by atoms with E-state index in [4.69, 9.17) is 21.1 Å². The van der Waals surface area contributed by atoms with Crippen molar-refractivity contribution in [1.82, 2.24) is 4.98 Å². The Kier molecular flexibility index (Phi) is 6.83. The summed E-state index contributed by atoms with van der Waals surface area (Å²) in [5, 5.41) is 9.65. The van der Waals surface area contributed by atoms with Gasteiger partial charge < -0.3 is 14.6 Å². The van der Waals surface area contributed by atoms with Gasteiger partial charge in [0.2, 0.25) is 5.88 Å². The number of pyridine rings is 1. The lowest BCUT2D eigenvalue weighted by Gasteiger charge is -2.11. The molecule has 132 valence electrons. The third-order valence-corrected chi connectivity index (χ3v) is 3.61. The minimum Gasteiger partial charge on any atom is -0.506 e. The van der Waals surface area contributed by atoms with E-state index in [0.29, 0.717) is 23.3 Å². The number of aromatic hydroxyl groups is 1. The van der Waals surface area contributed by atoms with Crippen LogP contribution in [0.3, 0.4) is 0 Å². The van der Waals surface area contributed by atoms with Gasteiger partial charge in [0, 0.05) is 12.1 Å². The molecule has 6 heteroatoms. The number of rotatable bonds is 7. The van der Waals surface area contributed by atoms with Crippen molar-refractivity contribution in [3.8, 4) is 17.4 Å². The van der Waals surface area contributed by atoms with Crippen molar-refractivity contribution in [2.75, 3.05) is 6.61 Å². The summed E-state index contributed by atoms with van der Waals surface area (Å²) in [4.78, 5) is 15.6. The van der Waals surface area contributed by atoms with Crippen LogP contribution in [0.25, 0.3) is 6.08 Å². The van der Waals surface area contributed by atoms with Gasteiger partial charge in [-0.1, -0.05) is 24.9 Å². The van der Waals surface area contributed by atoms with Gasteiger partial charge in [-0.05, 0) is 48.7 Å². The average molecular weight is 362 g/mol. The molecule has 0 aliphatic heterocycles. The number of nitrogens with zero attached hydrogens (tertiary/aromatic N) is 1. The minimum atomic E-state index is -0.379. The molecule has 0 aliphatic rings. The summed E-state index contributed by atoms with van der Waals surface area (Å²) in [6, 6.07) is 6.57. The van der Waals surface area contributed by atoms with Crippen molar-refractivity contribution in [1.29, 1.82) is 0 Å². The summed E-state index contributed by atoms with van der Waals surface area (Å²) in [6.07, 6.45) is 6.14. The van der Waals surface area contributed by atoms with Crippen LogP contribution < -0.4 is 4.74 Å². The topological polar surface area (TPSA) is 68.7 Å². The number of carbonyl (C=O) groups is 1. The second kappa shape index (κ2) is 9.08. The average Bonchev–Trinajstić information content (AvgIpc) is 2.58. The Labute approximate surface area is 151 Å². The maximum absolute atomic E-state index is 11.6. The molecule has 0 saturated carbocycles. The molecule has 25 heavy (non-hydrogen) atoms. The molecule has 0 unspecified atom stereocenters. The fourth-order valence-corrected chi connectivity index (χ4v) is 2.36. The zero-order chi connectivity index (χ0) is 18.2. The number of carbonyl (C=O) groups excluding carboxylic acids is 1. The van der Waals surface area contributed by atoms with Crippen LogP contribution in [0.4, 0.5) is 0 Å². The fourth-order valence-electron chi connectivity index (χ4n) is 2.05. The van der Waals surface area contributed by atoms with Gasteiger partial charge in [-0.15, -0.1) is 0 Å². The van der Waals surface area contributed by atoms with E-state index in [1.807, 2.05) is 19.9 Å². The molecule has 0 amide bonds.